The molecule has 1 aromatic rings. The molecule has 116 valence electrons. The van der Waals surface area contributed by atoms with E-state index in [0.29, 0.717) is 19.4 Å². The minimum atomic E-state index is -3.59. The minimum absolute atomic E-state index is 0.0116. The molecule has 2 N–H and O–H groups in total. The molecule has 21 heavy (non-hydrogen) atoms. The van der Waals surface area contributed by atoms with Gasteiger partial charge in [0.1, 0.15) is 0 Å². The molecule has 1 fully saturated rings. The van der Waals surface area contributed by atoms with Crippen LogP contribution in [-0.2, 0) is 15.8 Å². The molecule has 8 heteroatoms. The van der Waals surface area contributed by atoms with E-state index in [4.69, 9.17) is 5.73 Å². The van der Waals surface area contributed by atoms with Crippen LogP contribution < -0.4 is 5.73 Å². The standard InChI is InChI=1S/C13H19N3O4S/c1-10-8-12(14)6-7-15(10)21(19,20)9-11-4-2-3-5-13(11)16(17)18/h2-5,10,12H,6-9,14H2,1H3. The van der Waals surface area contributed by atoms with Crippen molar-refractivity contribution in [1.29, 1.82) is 0 Å². The summed E-state index contributed by atoms with van der Waals surface area (Å²) in [6.45, 7) is 2.18. The van der Waals surface area contributed by atoms with Crippen molar-refractivity contribution in [3.05, 3.63) is 39.9 Å². The van der Waals surface area contributed by atoms with Gasteiger partial charge in [0.15, 0.2) is 0 Å². The van der Waals surface area contributed by atoms with Crippen LogP contribution in [0.15, 0.2) is 24.3 Å². The van der Waals surface area contributed by atoms with Crippen molar-refractivity contribution in [2.45, 2.75) is 37.6 Å². The number of hydrogen-bond donors (Lipinski definition) is 1. The number of rotatable bonds is 4. The first-order valence-electron chi connectivity index (χ1n) is 6.78. The molecule has 0 bridgehead atoms. The quantitative estimate of drug-likeness (QED) is 0.664. The maximum atomic E-state index is 12.5. The van der Waals surface area contributed by atoms with Gasteiger partial charge >= 0.3 is 0 Å². The largest absolute Gasteiger partial charge is 0.328 e. The van der Waals surface area contributed by atoms with Crippen LogP contribution in [0.4, 0.5) is 5.69 Å². The zero-order valence-corrected chi connectivity index (χ0v) is 12.6. The van der Waals surface area contributed by atoms with Crippen molar-refractivity contribution in [2.75, 3.05) is 6.54 Å². The third kappa shape index (κ3) is 3.58. The lowest BCUT2D eigenvalue weighted by Crippen LogP contribution is -2.48. The molecular weight excluding hydrogens is 294 g/mol. The van der Waals surface area contributed by atoms with Crippen molar-refractivity contribution in [3.8, 4) is 0 Å². The molecule has 0 radical (unpaired) electrons. The van der Waals surface area contributed by atoms with Gasteiger partial charge < -0.3 is 5.73 Å². The monoisotopic (exact) mass is 313 g/mol. The first-order chi connectivity index (χ1) is 9.81. The highest BCUT2D eigenvalue weighted by Crippen LogP contribution is 2.25. The summed E-state index contributed by atoms with van der Waals surface area (Å²) in [5.74, 6) is -0.357. The Morgan fingerprint density at radius 2 is 2.10 bits per heavy atom. The number of nitrogens with zero attached hydrogens (tertiary/aromatic N) is 2. The van der Waals surface area contributed by atoms with Gasteiger partial charge in [-0.15, -0.1) is 0 Å². The predicted molar refractivity (Wildman–Crippen MR) is 79.1 cm³/mol. The summed E-state index contributed by atoms with van der Waals surface area (Å²) in [6.07, 6.45) is 1.22. The predicted octanol–water partition coefficient (Wildman–Crippen LogP) is 1.24. The zero-order valence-electron chi connectivity index (χ0n) is 11.8. The highest BCUT2D eigenvalue weighted by atomic mass is 32.2. The summed E-state index contributed by atoms with van der Waals surface area (Å²) in [5.41, 5.74) is 5.88. The Hall–Kier alpha value is -1.51. The Morgan fingerprint density at radius 1 is 1.43 bits per heavy atom. The minimum Gasteiger partial charge on any atom is -0.328 e. The Kier molecular flexibility index (Phi) is 4.60. The van der Waals surface area contributed by atoms with Gasteiger partial charge in [-0.3, -0.25) is 10.1 Å². The summed E-state index contributed by atoms with van der Waals surface area (Å²) in [7, 11) is -3.59. The van der Waals surface area contributed by atoms with E-state index in [9.17, 15) is 18.5 Å². The average molecular weight is 313 g/mol. The van der Waals surface area contributed by atoms with Gasteiger partial charge in [0.2, 0.25) is 10.0 Å². The fourth-order valence-corrected chi connectivity index (χ4v) is 4.51. The normalized spacial score (nSPS) is 23.9. The topological polar surface area (TPSA) is 107 Å². The average Bonchev–Trinajstić information content (AvgIpc) is 2.37. The molecule has 2 rings (SSSR count). The number of nitro benzene ring substituents is 1. The first kappa shape index (κ1) is 15.9. The third-order valence-electron chi connectivity index (χ3n) is 3.74. The second-order valence-corrected chi connectivity index (χ2v) is 7.31. The van der Waals surface area contributed by atoms with Crippen LogP contribution in [0.5, 0.6) is 0 Å². The van der Waals surface area contributed by atoms with Crippen LogP contribution in [-0.4, -0.2) is 36.3 Å². The lowest BCUT2D eigenvalue weighted by Gasteiger charge is -2.35. The summed E-state index contributed by atoms with van der Waals surface area (Å²) >= 11 is 0. The number of benzene rings is 1. The highest BCUT2D eigenvalue weighted by molar-refractivity contribution is 7.88. The highest BCUT2D eigenvalue weighted by Gasteiger charge is 2.33. The number of nitrogens with two attached hydrogens (primary N) is 1. The number of para-hydroxylation sites is 1. The maximum Gasteiger partial charge on any atom is 0.273 e. The summed E-state index contributed by atoms with van der Waals surface area (Å²) in [6, 6.07) is 5.76. The van der Waals surface area contributed by atoms with Gasteiger partial charge in [0.25, 0.3) is 5.69 Å². The lowest BCUT2D eigenvalue weighted by molar-refractivity contribution is -0.385. The van der Waals surface area contributed by atoms with Gasteiger partial charge in [-0.1, -0.05) is 18.2 Å². The number of hydrogen-bond acceptors (Lipinski definition) is 5. The van der Waals surface area contributed by atoms with Crippen LogP contribution in [0.2, 0.25) is 0 Å². The molecular formula is C13H19N3O4S. The van der Waals surface area contributed by atoms with Crippen LogP contribution in [0, 0.1) is 10.1 Å². The molecule has 1 aliphatic rings. The molecule has 0 aromatic heterocycles. The van der Waals surface area contributed by atoms with Crippen LogP contribution >= 0.6 is 0 Å². The van der Waals surface area contributed by atoms with Crippen LogP contribution in [0.3, 0.4) is 0 Å². The van der Waals surface area contributed by atoms with Crippen LogP contribution in [0.1, 0.15) is 25.3 Å². The fraction of sp³-hybridized carbons (Fsp3) is 0.538. The molecule has 1 saturated heterocycles. The second-order valence-electron chi connectivity index (χ2n) is 5.39. The lowest BCUT2D eigenvalue weighted by atomic mass is 10.0. The molecule has 2 atom stereocenters. The van der Waals surface area contributed by atoms with E-state index in [0.717, 1.165) is 0 Å². The van der Waals surface area contributed by atoms with E-state index >= 15 is 0 Å². The van der Waals surface area contributed by atoms with Crippen molar-refractivity contribution in [2.24, 2.45) is 5.73 Å². The molecule has 0 saturated carbocycles. The molecule has 2 unspecified atom stereocenters. The molecule has 0 spiro atoms. The SMILES string of the molecule is CC1CC(N)CCN1S(=O)(=O)Cc1ccccc1[N+](=O)[O-]. The van der Waals surface area contributed by atoms with Crippen molar-refractivity contribution in [3.63, 3.8) is 0 Å². The molecule has 7 nitrogen and oxygen atoms in total. The zero-order chi connectivity index (χ0) is 15.6. The van der Waals surface area contributed by atoms with E-state index in [2.05, 4.69) is 0 Å². The number of sulfonamides is 1. The first-order valence-corrected chi connectivity index (χ1v) is 8.39. The number of nitro groups is 1. The van der Waals surface area contributed by atoms with E-state index < -0.39 is 14.9 Å². The van der Waals surface area contributed by atoms with Crippen molar-refractivity contribution >= 4 is 15.7 Å². The third-order valence-corrected chi connectivity index (χ3v) is 5.67. The fourth-order valence-electron chi connectivity index (χ4n) is 2.69. The maximum absolute atomic E-state index is 12.5. The summed E-state index contributed by atoms with van der Waals surface area (Å²) in [4.78, 5) is 10.4. The van der Waals surface area contributed by atoms with E-state index in [1.807, 2.05) is 6.92 Å². The molecule has 1 aliphatic heterocycles. The Morgan fingerprint density at radius 3 is 2.71 bits per heavy atom. The molecule has 0 aliphatic carbocycles. The summed E-state index contributed by atoms with van der Waals surface area (Å²) in [5, 5.41) is 11.0. The Bertz CT molecular complexity index is 632. The smallest absolute Gasteiger partial charge is 0.273 e. The second kappa shape index (κ2) is 6.08. The number of piperidine rings is 1. The Labute approximate surface area is 123 Å². The van der Waals surface area contributed by atoms with Gasteiger partial charge in [0, 0.05) is 30.3 Å². The summed E-state index contributed by atoms with van der Waals surface area (Å²) < 4.78 is 26.4. The van der Waals surface area contributed by atoms with Crippen molar-refractivity contribution < 1.29 is 13.3 Å². The van der Waals surface area contributed by atoms with Gasteiger partial charge in [-0.25, -0.2) is 8.42 Å². The van der Waals surface area contributed by atoms with Crippen molar-refractivity contribution in [1.82, 2.24) is 4.31 Å². The molecule has 1 heterocycles. The molecule has 0 amide bonds. The van der Waals surface area contributed by atoms with Gasteiger partial charge in [-0.05, 0) is 19.8 Å². The van der Waals surface area contributed by atoms with Crippen LogP contribution in [0.25, 0.3) is 0 Å². The van der Waals surface area contributed by atoms with Gasteiger partial charge in [-0.2, -0.15) is 4.31 Å². The van der Waals surface area contributed by atoms with E-state index in [1.165, 1.54) is 22.5 Å². The van der Waals surface area contributed by atoms with E-state index in [1.54, 1.807) is 6.07 Å². The van der Waals surface area contributed by atoms with E-state index in [-0.39, 0.29) is 29.1 Å². The van der Waals surface area contributed by atoms with Gasteiger partial charge in [0.05, 0.1) is 10.7 Å². The Balaban J connectivity index is 2.24. The molecule has 1 aromatic carbocycles.